The Bertz CT molecular complexity index is 1000. The number of Topliss-reactive ketones (excluding diaryl/α,β-unsaturated/α-hetero) is 1. The Hall–Kier alpha value is -3.60. The summed E-state index contributed by atoms with van der Waals surface area (Å²) in [5, 5.41) is 0. The largest absolute Gasteiger partial charge is 0.494 e. The summed E-state index contributed by atoms with van der Waals surface area (Å²) in [6.07, 6.45) is 6.11. The van der Waals surface area contributed by atoms with E-state index in [4.69, 9.17) is 14.2 Å². The molecule has 0 aliphatic rings. The van der Waals surface area contributed by atoms with E-state index in [9.17, 15) is 9.59 Å². The summed E-state index contributed by atoms with van der Waals surface area (Å²) in [4.78, 5) is 23.7. The molecule has 0 saturated heterocycles. The Labute approximate surface area is 208 Å². The molecule has 0 N–H and O–H groups in total. The first-order valence-corrected chi connectivity index (χ1v) is 12.3. The molecular formula is C30H34O5. The van der Waals surface area contributed by atoms with Crippen LogP contribution in [0.25, 0.3) is 0 Å². The van der Waals surface area contributed by atoms with Gasteiger partial charge in [0.05, 0.1) is 13.2 Å². The van der Waals surface area contributed by atoms with Gasteiger partial charge >= 0.3 is 5.97 Å². The van der Waals surface area contributed by atoms with Crippen LogP contribution in [0.15, 0.2) is 84.9 Å². The Morgan fingerprint density at radius 2 is 1.06 bits per heavy atom. The smallest absolute Gasteiger partial charge is 0.374 e. The van der Waals surface area contributed by atoms with E-state index in [0.29, 0.717) is 19.8 Å². The normalized spacial score (nSPS) is 10.5. The van der Waals surface area contributed by atoms with Gasteiger partial charge in [-0.1, -0.05) is 86.3 Å². The molecule has 0 spiro atoms. The second-order valence-electron chi connectivity index (χ2n) is 8.44. The number of carbonyl (C=O) groups excluding carboxylic acids is 2. The van der Waals surface area contributed by atoms with Crippen LogP contribution in [-0.2, 0) is 27.4 Å². The first kappa shape index (κ1) is 26.0. The predicted molar refractivity (Wildman–Crippen MR) is 137 cm³/mol. The fourth-order valence-corrected chi connectivity index (χ4v) is 3.57. The summed E-state index contributed by atoms with van der Waals surface area (Å²) in [6.45, 7) is 1.54. The lowest BCUT2D eigenvalue weighted by Gasteiger charge is -2.09. The van der Waals surface area contributed by atoms with Crippen LogP contribution in [0.1, 0.15) is 49.7 Å². The molecule has 0 saturated carbocycles. The highest BCUT2D eigenvalue weighted by Gasteiger charge is 2.15. The first-order chi connectivity index (χ1) is 17.2. The number of rotatable bonds is 16. The molecule has 0 bridgehead atoms. The Balaban J connectivity index is 1.15. The molecular weight excluding hydrogens is 440 g/mol. The minimum absolute atomic E-state index is 0.0912. The van der Waals surface area contributed by atoms with Crippen LogP contribution in [0.2, 0.25) is 0 Å². The van der Waals surface area contributed by atoms with Gasteiger partial charge in [-0.25, -0.2) is 4.79 Å². The summed E-state index contributed by atoms with van der Waals surface area (Å²) >= 11 is 0. The van der Waals surface area contributed by atoms with Crippen molar-refractivity contribution in [3.05, 3.63) is 96.1 Å². The van der Waals surface area contributed by atoms with Crippen LogP contribution in [0.4, 0.5) is 0 Å². The lowest BCUT2D eigenvalue weighted by atomic mass is 10.1. The average Bonchev–Trinajstić information content (AvgIpc) is 2.90. The summed E-state index contributed by atoms with van der Waals surface area (Å²) in [7, 11) is 0. The van der Waals surface area contributed by atoms with Gasteiger partial charge < -0.3 is 14.2 Å². The SMILES string of the molecule is O=C(Cc1ccccc1)C(=O)OCCCCCCCCOc1ccc(OCc2ccccc2)cc1. The molecule has 0 aliphatic carbocycles. The third-order valence-corrected chi connectivity index (χ3v) is 5.55. The summed E-state index contributed by atoms with van der Waals surface area (Å²) in [6, 6.07) is 27.1. The number of hydrogen-bond donors (Lipinski definition) is 0. The van der Waals surface area contributed by atoms with E-state index in [1.54, 1.807) is 0 Å². The quantitative estimate of drug-likeness (QED) is 0.138. The van der Waals surface area contributed by atoms with Gasteiger partial charge in [-0.15, -0.1) is 0 Å². The number of ketones is 1. The van der Waals surface area contributed by atoms with Crippen molar-refractivity contribution < 1.29 is 23.8 Å². The molecule has 0 atom stereocenters. The number of esters is 1. The standard InChI is InChI=1S/C30H34O5/c31-29(23-25-13-7-5-8-14-25)30(32)34-22-12-4-2-1-3-11-21-33-27-17-19-28(20-18-27)35-24-26-15-9-6-10-16-26/h5-10,13-20H,1-4,11-12,21-24H2. The Morgan fingerprint density at radius 1 is 0.543 bits per heavy atom. The van der Waals surface area contributed by atoms with Gasteiger partial charge in [-0.05, 0) is 48.2 Å². The first-order valence-electron chi connectivity index (χ1n) is 12.3. The predicted octanol–water partition coefficient (Wildman–Crippen LogP) is 6.34. The van der Waals surface area contributed by atoms with Gasteiger partial charge in [-0.2, -0.15) is 0 Å². The van der Waals surface area contributed by atoms with Crippen molar-refractivity contribution in [3.63, 3.8) is 0 Å². The van der Waals surface area contributed by atoms with E-state index in [1.807, 2.05) is 84.9 Å². The van der Waals surface area contributed by atoms with E-state index >= 15 is 0 Å². The number of carbonyl (C=O) groups is 2. The highest BCUT2D eigenvalue weighted by molar-refractivity contribution is 6.34. The summed E-state index contributed by atoms with van der Waals surface area (Å²) in [5.41, 5.74) is 1.96. The number of unbranched alkanes of at least 4 members (excludes halogenated alkanes) is 5. The van der Waals surface area contributed by atoms with Gasteiger partial charge in [0, 0.05) is 6.42 Å². The molecule has 0 radical (unpaired) electrons. The van der Waals surface area contributed by atoms with Crippen molar-refractivity contribution in [1.82, 2.24) is 0 Å². The molecule has 0 heterocycles. The maximum Gasteiger partial charge on any atom is 0.374 e. The highest BCUT2D eigenvalue weighted by atomic mass is 16.5. The van der Waals surface area contributed by atoms with Crippen LogP contribution >= 0.6 is 0 Å². The minimum Gasteiger partial charge on any atom is -0.494 e. The maximum atomic E-state index is 11.9. The Morgan fingerprint density at radius 3 is 1.69 bits per heavy atom. The monoisotopic (exact) mass is 474 g/mol. The van der Waals surface area contributed by atoms with Crippen molar-refractivity contribution in [1.29, 1.82) is 0 Å². The van der Waals surface area contributed by atoms with Crippen LogP contribution in [0, 0.1) is 0 Å². The van der Waals surface area contributed by atoms with E-state index in [2.05, 4.69) is 0 Å². The molecule has 5 heteroatoms. The molecule has 5 nitrogen and oxygen atoms in total. The second kappa shape index (κ2) is 15.3. The van der Waals surface area contributed by atoms with Crippen LogP contribution in [0.3, 0.4) is 0 Å². The van der Waals surface area contributed by atoms with E-state index in [1.165, 1.54) is 0 Å². The molecule has 35 heavy (non-hydrogen) atoms. The molecule has 0 aliphatic heterocycles. The zero-order valence-corrected chi connectivity index (χ0v) is 20.2. The topological polar surface area (TPSA) is 61.8 Å². The number of hydrogen-bond acceptors (Lipinski definition) is 5. The third kappa shape index (κ3) is 10.5. The lowest BCUT2D eigenvalue weighted by Crippen LogP contribution is -2.20. The number of benzene rings is 3. The fraction of sp³-hybridized carbons (Fsp3) is 0.333. The minimum atomic E-state index is -0.734. The molecule has 3 rings (SSSR count). The average molecular weight is 475 g/mol. The third-order valence-electron chi connectivity index (χ3n) is 5.55. The van der Waals surface area contributed by atoms with Crippen molar-refractivity contribution in [2.75, 3.05) is 13.2 Å². The van der Waals surface area contributed by atoms with Crippen molar-refractivity contribution in [3.8, 4) is 11.5 Å². The molecule has 184 valence electrons. The highest BCUT2D eigenvalue weighted by Crippen LogP contribution is 2.19. The van der Waals surface area contributed by atoms with Crippen LogP contribution < -0.4 is 9.47 Å². The molecule has 3 aromatic carbocycles. The van der Waals surface area contributed by atoms with Gasteiger partial charge in [0.2, 0.25) is 5.78 Å². The van der Waals surface area contributed by atoms with Crippen LogP contribution in [-0.4, -0.2) is 25.0 Å². The van der Waals surface area contributed by atoms with Gasteiger partial charge in [0.25, 0.3) is 0 Å². The molecule has 0 fully saturated rings. The zero-order chi connectivity index (χ0) is 24.6. The fourth-order valence-electron chi connectivity index (χ4n) is 3.57. The van der Waals surface area contributed by atoms with E-state index in [-0.39, 0.29) is 6.42 Å². The number of ether oxygens (including phenoxy) is 3. The molecule has 0 aromatic heterocycles. The van der Waals surface area contributed by atoms with Gasteiger partial charge in [0.1, 0.15) is 18.1 Å². The summed E-state index contributed by atoms with van der Waals surface area (Å²) in [5.74, 6) is 0.445. The van der Waals surface area contributed by atoms with Crippen molar-refractivity contribution in [2.24, 2.45) is 0 Å². The molecule has 0 amide bonds. The van der Waals surface area contributed by atoms with Gasteiger partial charge in [0.15, 0.2) is 0 Å². The lowest BCUT2D eigenvalue weighted by molar-refractivity contribution is -0.153. The molecule has 3 aromatic rings. The van der Waals surface area contributed by atoms with Crippen molar-refractivity contribution in [2.45, 2.75) is 51.6 Å². The van der Waals surface area contributed by atoms with Crippen LogP contribution in [0.5, 0.6) is 11.5 Å². The van der Waals surface area contributed by atoms with E-state index < -0.39 is 11.8 Å². The zero-order valence-electron chi connectivity index (χ0n) is 20.2. The summed E-state index contributed by atoms with van der Waals surface area (Å²) < 4.78 is 16.7. The Kier molecular flexibility index (Phi) is 11.4. The maximum absolute atomic E-state index is 11.9. The van der Waals surface area contributed by atoms with Gasteiger partial charge in [-0.3, -0.25) is 4.79 Å². The second-order valence-corrected chi connectivity index (χ2v) is 8.44. The molecule has 0 unspecified atom stereocenters. The van der Waals surface area contributed by atoms with Crippen molar-refractivity contribution >= 4 is 11.8 Å². The van der Waals surface area contributed by atoms with E-state index in [0.717, 1.165) is 61.2 Å².